The number of aliphatic hydroxyl groups is 1. The second kappa shape index (κ2) is 3.90. The summed E-state index contributed by atoms with van der Waals surface area (Å²) < 4.78 is 5.09. The first-order chi connectivity index (χ1) is 6.73. The van der Waals surface area contributed by atoms with Gasteiger partial charge in [-0.15, -0.1) is 0 Å². The molecule has 1 N–H and O–H groups in total. The first-order valence-corrected chi connectivity index (χ1v) is 9.16. The number of aliphatic hydroxyl groups excluding tert-OH is 1. The van der Waals surface area contributed by atoms with Crippen molar-refractivity contribution in [3.05, 3.63) is 0 Å². The largest absolute Gasteiger partial charge is 0.466 e. The summed E-state index contributed by atoms with van der Waals surface area (Å²) in [6.45, 7) is 10.7. The molecule has 0 aliphatic heterocycles. The molecule has 3 unspecified atom stereocenters. The molecule has 3 atom stereocenters. The van der Waals surface area contributed by atoms with Gasteiger partial charge in [0.1, 0.15) is 0 Å². The summed E-state index contributed by atoms with van der Waals surface area (Å²) in [4.78, 5) is 11.8. The van der Waals surface area contributed by atoms with Gasteiger partial charge in [-0.3, -0.25) is 4.79 Å². The van der Waals surface area contributed by atoms with Gasteiger partial charge < -0.3 is 9.84 Å². The van der Waals surface area contributed by atoms with Crippen LogP contribution in [0.3, 0.4) is 0 Å². The van der Waals surface area contributed by atoms with Crippen LogP contribution in [0.2, 0.25) is 25.2 Å². The smallest absolute Gasteiger partial charge is 0.311 e. The third-order valence-corrected chi connectivity index (χ3v) is 6.27. The molecule has 15 heavy (non-hydrogen) atoms. The molecular formula is C11H22O3Si. The number of carbonyl (C=O) groups is 1. The highest BCUT2D eigenvalue weighted by Gasteiger charge is 2.60. The molecule has 1 aliphatic carbocycles. The van der Waals surface area contributed by atoms with Crippen molar-refractivity contribution in [1.29, 1.82) is 0 Å². The zero-order chi connectivity index (χ0) is 11.9. The van der Waals surface area contributed by atoms with Gasteiger partial charge in [0.05, 0.1) is 26.2 Å². The minimum absolute atomic E-state index is 0.129. The highest BCUT2D eigenvalue weighted by atomic mass is 28.3. The van der Waals surface area contributed by atoms with Crippen molar-refractivity contribution < 1.29 is 14.6 Å². The summed E-state index contributed by atoms with van der Waals surface area (Å²) in [5, 5.41) is 9.82. The van der Waals surface area contributed by atoms with Crippen LogP contribution in [0.15, 0.2) is 0 Å². The van der Waals surface area contributed by atoms with Crippen LogP contribution in [0.1, 0.15) is 20.3 Å². The molecule has 0 bridgehead atoms. The van der Waals surface area contributed by atoms with E-state index in [1.165, 1.54) is 0 Å². The van der Waals surface area contributed by atoms with Crippen LogP contribution >= 0.6 is 0 Å². The van der Waals surface area contributed by atoms with Crippen LogP contribution in [0.25, 0.3) is 0 Å². The Kier molecular flexibility index (Phi) is 3.31. The lowest BCUT2D eigenvalue weighted by Gasteiger charge is -2.54. The lowest BCUT2D eigenvalue weighted by atomic mass is 9.67. The maximum atomic E-state index is 11.8. The molecule has 0 amide bonds. The zero-order valence-electron chi connectivity index (χ0n) is 10.3. The van der Waals surface area contributed by atoms with Crippen molar-refractivity contribution in [3.8, 4) is 0 Å². The molecule has 0 heterocycles. The zero-order valence-corrected chi connectivity index (χ0v) is 11.3. The summed E-state index contributed by atoms with van der Waals surface area (Å²) in [5.41, 5.74) is -0.316. The molecule has 88 valence electrons. The van der Waals surface area contributed by atoms with E-state index in [1.54, 1.807) is 0 Å². The van der Waals surface area contributed by atoms with Gasteiger partial charge in [0.15, 0.2) is 0 Å². The molecular weight excluding hydrogens is 208 g/mol. The molecule has 0 radical (unpaired) electrons. The molecule has 1 aliphatic rings. The van der Waals surface area contributed by atoms with E-state index in [4.69, 9.17) is 4.74 Å². The molecule has 0 aromatic carbocycles. The van der Waals surface area contributed by atoms with Crippen LogP contribution in [0.4, 0.5) is 0 Å². The van der Waals surface area contributed by atoms with Crippen molar-refractivity contribution in [2.75, 3.05) is 6.61 Å². The summed E-state index contributed by atoms with van der Waals surface area (Å²) in [7, 11) is -1.51. The van der Waals surface area contributed by atoms with Crippen LogP contribution in [0, 0.1) is 5.41 Å². The van der Waals surface area contributed by atoms with E-state index in [0.29, 0.717) is 13.0 Å². The number of hydrogen-bond acceptors (Lipinski definition) is 3. The van der Waals surface area contributed by atoms with Gasteiger partial charge in [0.2, 0.25) is 0 Å². The molecule has 0 saturated heterocycles. The van der Waals surface area contributed by atoms with Crippen molar-refractivity contribution in [1.82, 2.24) is 0 Å². The highest BCUT2D eigenvalue weighted by molar-refractivity contribution is 6.78. The van der Waals surface area contributed by atoms with Crippen molar-refractivity contribution in [2.45, 2.75) is 51.6 Å². The minimum atomic E-state index is -1.51. The van der Waals surface area contributed by atoms with E-state index in [-0.39, 0.29) is 17.6 Å². The first kappa shape index (κ1) is 12.7. The lowest BCUT2D eigenvalue weighted by molar-refractivity contribution is -0.167. The van der Waals surface area contributed by atoms with E-state index in [9.17, 15) is 9.90 Å². The fraction of sp³-hybridized carbons (Fsp3) is 0.909. The second-order valence-corrected chi connectivity index (χ2v) is 11.1. The van der Waals surface area contributed by atoms with Crippen LogP contribution in [-0.2, 0) is 9.53 Å². The van der Waals surface area contributed by atoms with Crippen molar-refractivity contribution in [2.24, 2.45) is 5.41 Å². The SMILES string of the molecule is CCOC(=O)C1(C)CC(O)C1[Si](C)(C)C. The number of esters is 1. The Morgan fingerprint density at radius 1 is 1.53 bits per heavy atom. The number of ether oxygens (including phenoxy) is 1. The topological polar surface area (TPSA) is 46.5 Å². The number of hydrogen-bond donors (Lipinski definition) is 1. The predicted octanol–water partition coefficient (Wildman–Crippen LogP) is 2.03. The monoisotopic (exact) mass is 230 g/mol. The van der Waals surface area contributed by atoms with Gasteiger partial charge in [-0.2, -0.15) is 0 Å². The van der Waals surface area contributed by atoms with Crippen molar-refractivity contribution in [3.63, 3.8) is 0 Å². The quantitative estimate of drug-likeness (QED) is 0.596. The summed E-state index contributed by atoms with van der Waals surface area (Å²) >= 11 is 0. The van der Waals surface area contributed by atoms with Gasteiger partial charge in [0, 0.05) is 0 Å². The molecule has 1 fully saturated rings. The van der Waals surface area contributed by atoms with E-state index < -0.39 is 13.5 Å². The van der Waals surface area contributed by atoms with Gasteiger partial charge in [-0.05, 0) is 25.8 Å². The number of carbonyl (C=O) groups excluding carboxylic acids is 1. The Morgan fingerprint density at radius 3 is 2.40 bits per heavy atom. The molecule has 3 nitrogen and oxygen atoms in total. The van der Waals surface area contributed by atoms with E-state index >= 15 is 0 Å². The molecule has 0 aromatic rings. The van der Waals surface area contributed by atoms with Gasteiger partial charge in [0.25, 0.3) is 0 Å². The maximum Gasteiger partial charge on any atom is 0.311 e. The predicted molar refractivity (Wildman–Crippen MR) is 62.5 cm³/mol. The summed E-state index contributed by atoms with van der Waals surface area (Å²) in [6.07, 6.45) is 0.242. The maximum absolute atomic E-state index is 11.8. The molecule has 1 saturated carbocycles. The summed E-state index contributed by atoms with van der Waals surface area (Å²) in [5.74, 6) is -0.136. The highest BCUT2D eigenvalue weighted by Crippen LogP contribution is 2.56. The van der Waals surface area contributed by atoms with Gasteiger partial charge in [-0.1, -0.05) is 19.6 Å². The third-order valence-electron chi connectivity index (χ3n) is 3.38. The Hall–Kier alpha value is -0.353. The second-order valence-electron chi connectivity index (χ2n) is 5.75. The first-order valence-electron chi connectivity index (χ1n) is 5.58. The normalized spacial score (nSPS) is 35.9. The third kappa shape index (κ3) is 2.11. The van der Waals surface area contributed by atoms with Crippen LogP contribution in [-0.4, -0.2) is 31.9 Å². The molecule has 0 aromatic heterocycles. The Labute approximate surface area is 92.8 Å². The molecule has 4 heteroatoms. The minimum Gasteiger partial charge on any atom is -0.466 e. The van der Waals surface area contributed by atoms with E-state index in [1.807, 2.05) is 13.8 Å². The Balaban J connectivity index is 2.83. The Bertz CT molecular complexity index is 259. The fourth-order valence-corrected chi connectivity index (χ4v) is 6.40. The van der Waals surface area contributed by atoms with Gasteiger partial charge >= 0.3 is 5.97 Å². The average molecular weight is 230 g/mol. The van der Waals surface area contributed by atoms with Crippen LogP contribution in [0.5, 0.6) is 0 Å². The average Bonchev–Trinajstić information content (AvgIpc) is 1.99. The lowest BCUT2D eigenvalue weighted by Crippen LogP contribution is -2.59. The molecule has 0 spiro atoms. The number of rotatable bonds is 3. The Morgan fingerprint density at radius 2 is 2.07 bits per heavy atom. The van der Waals surface area contributed by atoms with Crippen LogP contribution < -0.4 is 0 Å². The van der Waals surface area contributed by atoms with E-state index in [0.717, 1.165) is 0 Å². The molecule has 1 rings (SSSR count). The summed E-state index contributed by atoms with van der Waals surface area (Å²) in [6, 6.07) is 0. The standard InChI is InChI=1S/C11H22O3Si/c1-6-14-10(13)11(2)7-8(12)9(11)15(3,4)5/h8-9,12H,6-7H2,1-5H3. The van der Waals surface area contributed by atoms with Crippen molar-refractivity contribution >= 4 is 14.0 Å². The van der Waals surface area contributed by atoms with E-state index in [2.05, 4.69) is 19.6 Å². The fourth-order valence-electron chi connectivity index (χ4n) is 2.98. The van der Waals surface area contributed by atoms with Gasteiger partial charge in [-0.25, -0.2) is 0 Å².